The van der Waals surface area contributed by atoms with Gasteiger partial charge in [-0.3, -0.25) is 4.79 Å². The molecule has 170 valence electrons. The molecule has 2 N–H and O–H groups in total. The van der Waals surface area contributed by atoms with Gasteiger partial charge in [0.15, 0.2) is 5.78 Å². The van der Waals surface area contributed by atoms with Crippen molar-refractivity contribution >= 4 is 11.9 Å². The molecule has 0 saturated heterocycles. The third-order valence-corrected chi connectivity index (χ3v) is 6.70. The van der Waals surface area contributed by atoms with E-state index in [-0.39, 0.29) is 17.1 Å². The number of carbonyl (C=O) groups is 1. The molecular formula is C27H33NO4. The third-order valence-electron chi connectivity index (χ3n) is 6.70. The van der Waals surface area contributed by atoms with Crippen molar-refractivity contribution in [2.45, 2.75) is 44.6 Å². The predicted octanol–water partition coefficient (Wildman–Crippen LogP) is 4.66. The van der Waals surface area contributed by atoms with Crippen molar-refractivity contribution in [3.8, 4) is 11.5 Å². The van der Waals surface area contributed by atoms with Gasteiger partial charge >= 0.3 is 0 Å². The van der Waals surface area contributed by atoms with E-state index >= 15 is 0 Å². The molecule has 5 nitrogen and oxygen atoms in total. The number of allylic oxidation sites excluding steroid dienone is 1. The lowest BCUT2D eigenvalue weighted by Crippen LogP contribution is -2.35. The number of ketones is 1. The summed E-state index contributed by atoms with van der Waals surface area (Å²) < 4.78 is 17.0. The Balaban J connectivity index is 1.34. The summed E-state index contributed by atoms with van der Waals surface area (Å²) in [5.41, 5.74) is 9.26. The molecule has 0 unspecified atom stereocenters. The van der Waals surface area contributed by atoms with E-state index in [0.717, 1.165) is 48.3 Å². The van der Waals surface area contributed by atoms with Crippen LogP contribution in [0.15, 0.2) is 48.5 Å². The average Bonchev–Trinajstić information content (AvgIpc) is 3.18. The Bertz CT molecular complexity index is 960. The van der Waals surface area contributed by atoms with Gasteiger partial charge in [0.2, 0.25) is 0 Å². The first kappa shape index (κ1) is 22.6. The molecule has 0 amide bonds. The van der Waals surface area contributed by atoms with Crippen LogP contribution in [0.2, 0.25) is 0 Å². The van der Waals surface area contributed by atoms with Gasteiger partial charge in [-0.2, -0.15) is 0 Å². The van der Waals surface area contributed by atoms with Crippen LogP contribution in [0.1, 0.15) is 49.3 Å². The highest BCUT2D eigenvalue weighted by atomic mass is 16.5. The highest BCUT2D eigenvalue weighted by Crippen LogP contribution is 2.49. The highest BCUT2D eigenvalue weighted by molar-refractivity contribution is 5.95. The molecule has 2 aromatic carbocycles. The van der Waals surface area contributed by atoms with Crippen LogP contribution in [0.25, 0.3) is 6.08 Å². The lowest BCUT2D eigenvalue weighted by atomic mass is 9.67. The molecule has 1 aliphatic heterocycles. The molecule has 2 aromatic rings. The molecule has 0 aromatic heterocycles. The van der Waals surface area contributed by atoms with Crippen LogP contribution in [0.3, 0.4) is 0 Å². The molecule has 4 rings (SSSR count). The Morgan fingerprint density at radius 1 is 1.19 bits per heavy atom. The number of hydrogen-bond donors (Lipinski definition) is 1. The fourth-order valence-electron chi connectivity index (χ4n) is 4.79. The number of hydrogen-bond acceptors (Lipinski definition) is 5. The number of carbonyl (C=O) groups excluding carboxylic acids is 1. The van der Waals surface area contributed by atoms with E-state index < -0.39 is 0 Å². The summed E-state index contributed by atoms with van der Waals surface area (Å²) >= 11 is 0. The maximum Gasteiger partial charge on any atom is 0.158 e. The highest BCUT2D eigenvalue weighted by Gasteiger charge is 2.44. The quantitative estimate of drug-likeness (QED) is 0.458. The van der Waals surface area contributed by atoms with E-state index in [1.165, 1.54) is 5.56 Å². The van der Waals surface area contributed by atoms with Crippen molar-refractivity contribution in [1.29, 1.82) is 0 Å². The SMILES string of the molecule is CCOCCOc1cccc(C=CC(=O)C2CCC3(CC2)COc2ccc(CN)cc23)c1. The first-order valence-electron chi connectivity index (χ1n) is 11.6. The largest absolute Gasteiger partial charge is 0.492 e. The van der Waals surface area contributed by atoms with Crippen LogP contribution in [-0.2, 0) is 21.5 Å². The molecule has 0 atom stereocenters. The molecule has 0 radical (unpaired) electrons. The van der Waals surface area contributed by atoms with Crippen molar-refractivity contribution in [2.75, 3.05) is 26.4 Å². The van der Waals surface area contributed by atoms with Gasteiger partial charge < -0.3 is 19.9 Å². The predicted molar refractivity (Wildman–Crippen MR) is 126 cm³/mol. The van der Waals surface area contributed by atoms with Crippen LogP contribution in [0, 0.1) is 5.92 Å². The zero-order valence-corrected chi connectivity index (χ0v) is 18.8. The summed E-state index contributed by atoms with van der Waals surface area (Å²) in [6.07, 6.45) is 7.35. The van der Waals surface area contributed by atoms with Crippen LogP contribution in [0.4, 0.5) is 0 Å². The van der Waals surface area contributed by atoms with Gasteiger partial charge in [-0.1, -0.05) is 30.3 Å². The van der Waals surface area contributed by atoms with Gasteiger partial charge in [0.1, 0.15) is 18.1 Å². The molecule has 32 heavy (non-hydrogen) atoms. The molecule has 1 fully saturated rings. The van der Waals surface area contributed by atoms with E-state index in [0.29, 0.717) is 33.0 Å². The van der Waals surface area contributed by atoms with Gasteiger partial charge in [0.05, 0.1) is 13.2 Å². The molecule has 1 spiro atoms. The number of ether oxygens (including phenoxy) is 3. The Kier molecular flexibility index (Phi) is 7.28. The van der Waals surface area contributed by atoms with Crippen molar-refractivity contribution < 1.29 is 19.0 Å². The minimum Gasteiger partial charge on any atom is -0.492 e. The Morgan fingerprint density at radius 2 is 2.03 bits per heavy atom. The van der Waals surface area contributed by atoms with Crippen molar-refractivity contribution in [3.05, 3.63) is 65.2 Å². The van der Waals surface area contributed by atoms with E-state index in [9.17, 15) is 4.79 Å². The molecule has 2 aliphatic rings. The Hall–Kier alpha value is -2.63. The topological polar surface area (TPSA) is 70.8 Å². The van der Waals surface area contributed by atoms with Gasteiger partial charge in [-0.15, -0.1) is 0 Å². The van der Waals surface area contributed by atoms with Crippen LogP contribution < -0.4 is 15.2 Å². The third kappa shape index (κ3) is 5.05. The summed E-state index contributed by atoms with van der Waals surface area (Å²) in [6, 6.07) is 14.1. The van der Waals surface area contributed by atoms with E-state index in [2.05, 4.69) is 6.07 Å². The lowest BCUT2D eigenvalue weighted by Gasteiger charge is -2.35. The summed E-state index contributed by atoms with van der Waals surface area (Å²) in [7, 11) is 0. The number of fused-ring (bicyclic) bond motifs is 2. The summed E-state index contributed by atoms with van der Waals surface area (Å²) in [5.74, 6) is 2.05. The van der Waals surface area contributed by atoms with Crippen LogP contribution >= 0.6 is 0 Å². The van der Waals surface area contributed by atoms with Crippen LogP contribution in [-0.4, -0.2) is 32.2 Å². The maximum atomic E-state index is 12.9. The zero-order valence-electron chi connectivity index (χ0n) is 18.8. The first-order chi connectivity index (χ1) is 15.6. The Morgan fingerprint density at radius 3 is 2.81 bits per heavy atom. The lowest BCUT2D eigenvalue weighted by molar-refractivity contribution is -0.119. The standard InChI is InChI=1S/C27H33NO4/c1-2-30-14-15-31-23-5-3-4-20(16-23)6-8-25(29)22-10-12-27(13-11-22)19-32-26-9-7-21(18-28)17-24(26)27/h3-9,16-17,22H,2,10-15,18-19,28H2,1H3. The number of benzene rings is 2. The number of nitrogens with two attached hydrogens (primary N) is 1. The molecule has 1 heterocycles. The van der Waals surface area contributed by atoms with Gasteiger partial charge in [0.25, 0.3) is 0 Å². The minimum atomic E-state index is 0.0359. The summed E-state index contributed by atoms with van der Waals surface area (Å²) in [6.45, 7) is 4.99. The second-order valence-electron chi connectivity index (χ2n) is 8.73. The van der Waals surface area contributed by atoms with Crippen molar-refractivity contribution in [3.63, 3.8) is 0 Å². The Labute approximate surface area is 190 Å². The molecular weight excluding hydrogens is 402 g/mol. The summed E-state index contributed by atoms with van der Waals surface area (Å²) in [5, 5.41) is 0. The van der Waals surface area contributed by atoms with Crippen molar-refractivity contribution in [1.82, 2.24) is 0 Å². The monoisotopic (exact) mass is 435 g/mol. The zero-order chi connectivity index (χ0) is 22.4. The second kappa shape index (κ2) is 10.3. The fourth-order valence-corrected chi connectivity index (χ4v) is 4.79. The maximum absolute atomic E-state index is 12.9. The first-order valence-corrected chi connectivity index (χ1v) is 11.6. The smallest absolute Gasteiger partial charge is 0.158 e. The normalized spacial score (nSPS) is 22.1. The van der Waals surface area contributed by atoms with E-state index in [1.807, 2.05) is 49.4 Å². The van der Waals surface area contributed by atoms with Crippen LogP contribution in [0.5, 0.6) is 11.5 Å². The van der Waals surface area contributed by atoms with Gasteiger partial charge in [0, 0.05) is 30.0 Å². The van der Waals surface area contributed by atoms with Crippen molar-refractivity contribution in [2.24, 2.45) is 11.7 Å². The molecule has 5 heteroatoms. The van der Waals surface area contributed by atoms with Gasteiger partial charge in [-0.05, 0) is 68.0 Å². The second-order valence-corrected chi connectivity index (χ2v) is 8.73. The van der Waals surface area contributed by atoms with E-state index in [4.69, 9.17) is 19.9 Å². The summed E-state index contributed by atoms with van der Waals surface area (Å²) in [4.78, 5) is 12.9. The van der Waals surface area contributed by atoms with Gasteiger partial charge in [-0.25, -0.2) is 0 Å². The van der Waals surface area contributed by atoms with E-state index in [1.54, 1.807) is 6.08 Å². The molecule has 1 aliphatic carbocycles. The molecule has 0 bridgehead atoms. The average molecular weight is 436 g/mol. The molecule has 1 saturated carbocycles. The fraction of sp³-hybridized carbons (Fsp3) is 0.444. The minimum absolute atomic E-state index is 0.0359. The number of rotatable bonds is 9.